The van der Waals surface area contributed by atoms with Gasteiger partial charge in [-0.1, -0.05) is 32.9 Å². The fourth-order valence-electron chi connectivity index (χ4n) is 3.37. The second-order valence-electron chi connectivity index (χ2n) is 7.98. The fourth-order valence-corrected chi connectivity index (χ4v) is 6.27. The molecule has 0 aromatic rings. The molecule has 0 aromatic carbocycles. The molecular formula is C16H23O7P. The largest absolute Gasteiger partial charge is 0.462 e. The molecule has 3 rings (SSSR count). The van der Waals surface area contributed by atoms with Gasteiger partial charge in [-0.25, -0.2) is 4.79 Å². The van der Waals surface area contributed by atoms with Crippen molar-refractivity contribution in [2.75, 3.05) is 19.8 Å². The molecule has 1 saturated carbocycles. The van der Waals surface area contributed by atoms with Crippen molar-refractivity contribution in [3.05, 3.63) is 12.2 Å². The maximum atomic E-state index is 13.2. The zero-order valence-corrected chi connectivity index (χ0v) is 15.3. The number of ether oxygens (including phenoxy) is 2. The van der Waals surface area contributed by atoms with Gasteiger partial charge >= 0.3 is 19.5 Å². The number of hydrogen-bond donors (Lipinski definition) is 0. The molecule has 4 atom stereocenters. The van der Waals surface area contributed by atoms with Crippen LogP contribution in [0, 0.1) is 10.8 Å². The van der Waals surface area contributed by atoms with Gasteiger partial charge in [0.05, 0.1) is 13.2 Å². The molecule has 2 aliphatic heterocycles. The SMILES string of the molecule is C=C(C)COP1(=O)OC[C@@]2(C)C[C@]21C(=O)O[C@H]1C(=O)OCC1(C)C. The molecule has 2 heterocycles. The Bertz CT molecular complexity index is 669. The minimum absolute atomic E-state index is 0.0410. The topological polar surface area (TPSA) is 88.1 Å². The van der Waals surface area contributed by atoms with Gasteiger partial charge in [-0.2, -0.15) is 0 Å². The lowest BCUT2D eigenvalue weighted by molar-refractivity contribution is -0.163. The molecule has 134 valence electrons. The predicted octanol–water partition coefficient (Wildman–Crippen LogP) is 2.45. The van der Waals surface area contributed by atoms with Gasteiger partial charge in [-0.05, 0) is 13.3 Å². The summed E-state index contributed by atoms with van der Waals surface area (Å²) in [6.07, 6.45) is -0.659. The highest BCUT2D eigenvalue weighted by Crippen LogP contribution is 2.85. The average Bonchev–Trinajstić information content (AvgIpc) is 2.98. The van der Waals surface area contributed by atoms with Gasteiger partial charge in [0.2, 0.25) is 6.10 Å². The number of carbonyl (C=O) groups is 2. The van der Waals surface area contributed by atoms with E-state index in [1.807, 2.05) is 6.92 Å². The van der Waals surface area contributed by atoms with E-state index in [4.69, 9.17) is 18.5 Å². The molecule has 8 heteroatoms. The van der Waals surface area contributed by atoms with E-state index in [1.54, 1.807) is 20.8 Å². The number of rotatable bonds is 5. The van der Waals surface area contributed by atoms with E-state index >= 15 is 0 Å². The van der Waals surface area contributed by atoms with Crippen molar-refractivity contribution in [2.45, 2.75) is 45.4 Å². The van der Waals surface area contributed by atoms with Crippen molar-refractivity contribution in [1.29, 1.82) is 0 Å². The molecule has 0 spiro atoms. The first-order valence-electron chi connectivity index (χ1n) is 7.89. The first-order chi connectivity index (χ1) is 11.0. The van der Waals surface area contributed by atoms with Crippen LogP contribution in [0.2, 0.25) is 0 Å². The van der Waals surface area contributed by atoms with Crippen LogP contribution in [0.4, 0.5) is 0 Å². The van der Waals surface area contributed by atoms with E-state index in [2.05, 4.69) is 6.58 Å². The van der Waals surface area contributed by atoms with Gasteiger partial charge in [-0.3, -0.25) is 9.36 Å². The van der Waals surface area contributed by atoms with Gasteiger partial charge in [0.1, 0.15) is 6.61 Å². The number of fused-ring (bicyclic) bond motifs is 1. The van der Waals surface area contributed by atoms with Crippen LogP contribution >= 0.6 is 7.60 Å². The number of hydrogen-bond acceptors (Lipinski definition) is 7. The van der Waals surface area contributed by atoms with E-state index in [-0.39, 0.29) is 19.8 Å². The Hall–Kier alpha value is -1.17. The summed E-state index contributed by atoms with van der Waals surface area (Å²) in [7, 11) is -3.70. The van der Waals surface area contributed by atoms with Crippen molar-refractivity contribution in [3.8, 4) is 0 Å². The third kappa shape index (κ3) is 2.29. The van der Waals surface area contributed by atoms with E-state index in [9.17, 15) is 14.2 Å². The molecule has 1 unspecified atom stereocenters. The lowest BCUT2D eigenvalue weighted by Crippen LogP contribution is -2.40. The van der Waals surface area contributed by atoms with Gasteiger partial charge in [0.15, 0.2) is 5.16 Å². The van der Waals surface area contributed by atoms with Crippen molar-refractivity contribution in [1.82, 2.24) is 0 Å². The fraction of sp³-hybridized carbons (Fsp3) is 0.750. The van der Waals surface area contributed by atoms with Crippen LogP contribution in [-0.4, -0.2) is 43.0 Å². The minimum Gasteiger partial charge on any atom is -0.462 e. The number of carbonyl (C=O) groups excluding carboxylic acids is 2. The summed E-state index contributed by atoms with van der Waals surface area (Å²) in [5.74, 6) is -1.28. The summed E-state index contributed by atoms with van der Waals surface area (Å²) in [5.41, 5.74) is -0.551. The van der Waals surface area contributed by atoms with Gasteiger partial charge in [0, 0.05) is 10.8 Å². The molecule has 2 saturated heterocycles. The second kappa shape index (κ2) is 5.16. The Morgan fingerprint density at radius 3 is 2.54 bits per heavy atom. The number of esters is 2. The van der Waals surface area contributed by atoms with Crippen LogP contribution in [0.3, 0.4) is 0 Å². The molecule has 0 radical (unpaired) electrons. The first-order valence-corrected chi connectivity index (χ1v) is 9.43. The van der Waals surface area contributed by atoms with Crippen LogP contribution < -0.4 is 0 Å². The maximum absolute atomic E-state index is 13.2. The van der Waals surface area contributed by atoms with Crippen LogP contribution in [0.25, 0.3) is 0 Å². The summed E-state index contributed by atoms with van der Waals surface area (Å²) in [5, 5.41) is -1.34. The lowest BCUT2D eigenvalue weighted by atomic mass is 9.90. The molecule has 7 nitrogen and oxygen atoms in total. The maximum Gasteiger partial charge on any atom is 0.348 e. The Labute approximate surface area is 141 Å². The van der Waals surface area contributed by atoms with Crippen LogP contribution in [0.1, 0.15) is 34.1 Å². The third-order valence-corrected chi connectivity index (χ3v) is 7.85. The van der Waals surface area contributed by atoms with E-state index in [0.717, 1.165) is 0 Å². The molecule has 0 amide bonds. The summed E-state index contributed by atoms with van der Waals surface area (Å²) < 4.78 is 34.5. The van der Waals surface area contributed by atoms with Crippen molar-refractivity contribution < 1.29 is 32.7 Å². The standard InChI is InChI=1S/C16H23O7P/c1-10(2)6-21-24(19)16(7-15(16,5)9-22-24)13(18)23-11-12(17)20-8-14(11,3)4/h11H,1,6-9H2,2-5H3/t11-,15+,16-,24?/m0/s1. The second-order valence-corrected chi connectivity index (χ2v) is 10.3. The number of cyclic esters (lactones) is 1. The van der Waals surface area contributed by atoms with E-state index in [0.29, 0.717) is 12.0 Å². The molecule has 24 heavy (non-hydrogen) atoms. The van der Waals surface area contributed by atoms with E-state index in [1.165, 1.54) is 0 Å². The zero-order chi connectivity index (χ0) is 18.0. The lowest BCUT2D eigenvalue weighted by Gasteiger charge is -2.26. The molecule has 3 aliphatic rings. The average molecular weight is 358 g/mol. The minimum atomic E-state index is -3.70. The smallest absolute Gasteiger partial charge is 0.348 e. The first kappa shape index (κ1) is 17.6. The van der Waals surface area contributed by atoms with Crippen molar-refractivity contribution in [2.24, 2.45) is 10.8 Å². The van der Waals surface area contributed by atoms with E-state index < -0.39 is 41.6 Å². The van der Waals surface area contributed by atoms with Crippen molar-refractivity contribution in [3.63, 3.8) is 0 Å². The van der Waals surface area contributed by atoms with Crippen LogP contribution in [-0.2, 0) is 32.7 Å². The predicted molar refractivity (Wildman–Crippen MR) is 84.4 cm³/mol. The third-order valence-electron chi connectivity index (χ3n) is 5.09. The molecule has 0 aromatic heterocycles. The summed E-state index contributed by atoms with van der Waals surface area (Å²) in [4.78, 5) is 24.8. The Kier molecular flexibility index (Phi) is 3.80. The van der Waals surface area contributed by atoms with Gasteiger partial charge < -0.3 is 18.5 Å². The van der Waals surface area contributed by atoms with Gasteiger partial charge in [0.25, 0.3) is 0 Å². The highest BCUT2D eigenvalue weighted by Gasteiger charge is 2.85. The summed E-state index contributed by atoms with van der Waals surface area (Å²) in [6, 6.07) is 0. The van der Waals surface area contributed by atoms with Crippen molar-refractivity contribution >= 4 is 19.5 Å². The zero-order valence-electron chi connectivity index (χ0n) is 14.4. The normalized spacial score (nSPS) is 42.3. The Morgan fingerprint density at radius 1 is 1.38 bits per heavy atom. The monoisotopic (exact) mass is 358 g/mol. The van der Waals surface area contributed by atoms with Gasteiger partial charge in [-0.15, -0.1) is 0 Å². The Morgan fingerprint density at radius 2 is 2.04 bits per heavy atom. The summed E-state index contributed by atoms with van der Waals surface area (Å²) >= 11 is 0. The van der Waals surface area contributed by atoms with Crippen LogP contribution in [0.15, 0.2) is 12.2 Å². The Balaban J connectivity index is 1.84. The summed E-state index contributed by atoms with van der Waals surface area (Å²) in [6.45, 7) is 11.2. The molecule has 0 N–H and O–H groups in total. The highest BCUT2D eigenvalue weighted by molar-refractivity contribution is 7.57. The quantitative estimate of drug-likeness (QED) is 0.424. The molecule has 1 aliphatic carbocycles. The van der Waals surface area contributed by atoms with Crippen LogP contribution in [0.5, 0.6) is 0 Å². The molecular weight excluding hydrogens is 335 g/mol. The molecule has 3 fully saturated rings. The highest BCUT2D eigenvalue weighted by atomic mass is 31.2. The molecule has 0 bridgehead atoms.